The van der Waals surface area contributed by atoms with Gasteiger partial charge in [-0.05, 0) is 48.7 Å². The fourth-order valence-electron chi connectivity index (χ4n) is 2.16. The van der Waals surface area contributed by atoms with Gasteiger partial charge in [0, 0.05) is 0 Å². The van der Waals surface area contributed by atoms with Crippen LogP contribution in [0.5, 0.6) is 17.2 Å². The van der Waals surface area contributed by atoms with Gasteiger partial charge in [-0.1, -0.05) is 18.2 Å². The van der Waals surface area contributed by atoms with E-state index in [1.54, 1.807) is 12.1 Å². The summed E-state index contributed by atoms with van der Waals surface area (Å²) in [7, 11) is 1.47. The lowest BCUT2D eigenvalue weighted by Crippen LogP contribution is -2.25. The number of carbonyl (C=O) groups is 1. The largest absolute Gasteiger partial charge is 0.504 e. The van der Waals surface area contributed by atoms with Crippen LogP contribution < -0.4 is 14.9 Å². The molecule has 24 heavy (non-hydrogen) atoms. The summed E-state index contributed by atoms with van der Waals surface area (Å²) in [6.07, 6.45) is 1.43. The van der Waals surface area contributed by atoms with Gasteiger partial charge in [-0.2, -0.15) is 5.10 Å². The number of rotatable bonds is 6. The number of hydrogen-bond donors (Lipinski definition) is 2. The quantitative estimate of drug-likeness (QED) is 0.631. The molecule has 2 N–H and O–H groups in total. The summed E-state index contributed by atoms with van der Waals surface area (Å²) < 4.78 is 10.5. The predicted octanol–water partition coefficient (Wildman–Crippen LogP) is 2.55. The van der Waals surface area contributed by atoms with Gasteiger partial charge in [-0.25, -0.2) is 5.43 Å². The molecule has 1 amide bonds. The Morgan fingerprint density at radius 1 is 1.25 bits per heavy atom. The minimum Gasteiger partial charge on any atom is -0.504 e. The average molecular weight is 328 g/mol. The highest BCUT2D eigenvalue weighted by atomic mass is 16.5. The van der Waals surface area contributed by atoms with Crippen molar-refractivity contribution in [3.63, 3.8) is 0 Å². The number of benzene rings is 2. The van der Waals surface area contributed by atoms with E-state index >= 15 is 0 Å². The fraction of sp³-hybridized carbons (Fsp3) is 0.222. The van der Waals surface area contributed by atoms with Gasteiger partial charge in [0.15, 0.2) is 18.1 Å². The van der Waals surface area contributed by atoms with E-state index in [9.17, 15) is 9.90 Å². The van der Waals surface area contributed by atoms with Crippen LogP contribution in [0.1, 0.15) is 16.7 Å². The molecule has 0 aliphatic rings. The van der Waals surface area contributed by atoms with Crippen LogP contribution in [0.4, 0.5) is 0 Å². The maximum Gasteiger partial charge on any atom is 0.277 e. The molecule has 0 fully saturated rings. The summed E-state index contributed by atoms with van der Waals surface area (Å²) in [5, 5.41) is 13.5. The molecular weight excluding hydrogens is 308 g/mol. The number of hydrazone groups is 1. The molecule has 0 aromatic heterocycles. The lowest BCUT2D eigenvalue weighted by Gasteiger charge is -2.10. The number of carbonyl (C=O) groups excluding carboxylic acids is 1. The molecule has 6 nitrogen and oxygen atoms in total. The highest BCUT2D eigenvalue weighted by molar-refractivity contribution is 5.83. The zero-order chi connectivity index (χ0) is 17.5. The number of hydrogen-bond acceptors (Lipinski definition) is 5. The maximum absolute atomic E-state index is 11.8. The lowest BCUT2D eigenvalue weighted by atomic mass is 10.1. The molecule has 0 aliphatic heterocycles. The topological polar surface area (TPSA) is 80.2 Å². The number of aryl methyl sites for hydroxylation is 2. The molecule has 0 saturated carbocycles. The Kier molecular flexibility index (Phi) is 5.78. The van der Waals surface area contributed by atoms with Crippen LogP contribution in [0.25, 0.3) is 0 Å². The molecular formula is C18H20N2O4. The van der Waals surface area contributed by atoms with Crippen LogP contribution >= 0.6 is 0 Å². The van der Waals surface area contributed by atoms with E-state index in [0.717, 1.165) is 11.1 Å². The van der Waals surface area contributed by atoms with Gasteiger partial charge in [-0.15, -0.1) is 0 Å². The minimum atomic E-state index is -0.369. The Labute approximate surface area is 140 Å². The SMILES string of the molecule is COc1ccc(/C=N\NC(=O)COc2c(C)cccc2C)cc1O. The first-order chi connectivity index (χ1) is 11.5. The molecule has 126 valence electrons. The van der Waals surface area contributed by atoms with Crippen molar-refractivity contribution < 1.29 is 19.4 Å². The molecule has 0 atom stereocenters. The number of amides is 1. The average Bonchev–Trinajstić information content (AvgIpc) is 2.54. The minimum absolute atomic E-state index is 0.00568. The smallest absolute Gasteiger partial charge is 0.277 e. The van der Waals surface area contributed by atoms with E-state index in [2.05, 4.69) is 10.5 Å². The number of methoxy groups -OCH3 is 1. The highest BCUT2D eigenvalue weighted by Gasteiger charge is 2.06. The highest BCUT2D eigenvalue weighted by Crippen LogP contribution is 2.25. The van der Waals surface area contributed by atoms with E-state index in [-0.39, 0.29) is 18.3 Å². The van der Waals surface area contributed by atoms with Crippen molar-refractivity contribution in [2.24, 2.45) is 5.10 Å². The number of nitrogens with zero attached hydrogens (tertiary/aromatic N) is 1. The van der Waals surface area contributed by atoms with Crippen LogP contribution in [-0.2, 0) is 4.79 Å². The maximum atomic E-state index is 11.8. The van der Waals surface area contributed by atoms with Crippen LogP contribution in [0, 0.1) is 13.8 Å². The third-order valence-corrected chi connectivity index (χ3v) is 3.36. The summed E-state index contributed by atoms with van der Waals surface area (Å²) >= 11 is 0. The predicted molar refractivity (Wildman–Crippen MR) is 91.8 cm³/mol. The standard InChI is InChI=1S/C18H20N2O4/c1-12-5-4-6-13(2)18(12)24-11-17(22)20-19-10-14-7-8-16(23-3)15(21)9-14/h4-10,21H,11H2,1-3H3,(H,20,22)/b19-10-. The van der Waals surface area contributed by atoms with Crippen molar-refractivity contribution >= 4 is 12.1 Å². The Morgan fingerprint density at radius 3 is 2.58 bits per heavy atom. The summed E-state index contributed by atoms with van der Waals surface area (Å²) in [5.74, 6) is 0.715. The second-order valence-electron chi connectivity index (χ2n) is 5.23. The molecule has 0 spiro atoms. The van der Waals surface area contributed by atoms with Crippen molar-refractivity contribution in [1.29, 1.82) is 0 Å². The first-order valence-electron chi connectivity index (χ1n) is 7.39. The second-order valence-corrected chi connectivity index (χ2v) is 5.23. The van der Waals surface area contributed by atoms with Gasteiger partial charge in [0.25, 0.3) is 5.91 Å². The molecule has 2 rings (SSSR count). The van der Waals surface area contributed by atoms with Gasteiger partial charge < -0.3 is 14.6 Å². The molecule has 2 aromatic carbocycles. The molecule has 0 radical (unpaired) electrons. The first-order valence-corrected chi connectivity index (χ1v) is 7.39. The molecule has 0 bridgehead atoms. The van der Waals surface area contributed by atoms with Gasteiger partial charge in [0.2, 0.25) is 0 Å². The molecule has 0 aliphatic carbocycles. The van der Waals surface area contributed by atoms with Crippen molar-refractivity contribution in [2.75, 3.05) is 13.7 Å². The van der Waals surface area contributed by atoms with Crippen LogP contribution in [0.3, 0.4) is 0 Å². The molecule has 0 unspecified atom stereocenters. The van der Waals surface area contributed by atoms with Crippen LogP contribution in [0.2, 0.25) is 0 Å². The zero-order valence-electron chi connectivity index (χ0n) is 13.9. The molecule has 0 heterocycles. The number of ether oxygens (including phenoxy) is 2. The first kappa shape index (κ1) is 17.3. The van der Waals surface area contributed by atoms with E-state index in [1.807, 2.05) is 32.0 Å². The summed E-state index contributed by atoms with van der Waals surface area (Å²) in [5.41, 5.74) is 4.95. The molecule has 0 saturated heterocycles. The normalized spacial score (nSPS) is 10.6. The lowest BCUT2D eigenvalue weighted by molar-refractivity contribution is -0.123. The third kappa shape index (κ3) is 4.49. The number of aromatic hydroxyl groups is 1. The fourth-order valence-corrected chi connectivity index (χ4v) is 2.16. The van der Waals surface area contributed by atoms with E-state index in [4.69, 9.17) is 9.47 Å². The van der Waals surface area contributed by atoms with Crippen LogP contribution in [0.15, 0.2) is 41.5 Å². The Hall–Kier alpha value is -3.02. The van der Waals surface area contributed by atoms with Crippen molar-refractivity contribution in [1.82, 2.24) is 5.43 Å². The van der Waals surface area contributed by atoms with Gasteiger partial charge >= 0.3 is 0 Å². The summed E-state index contributed by atoms with van der Waals surface area (Å²) in [6, 6.07) is 10.6. The van der Waals surface area contributed by atoms with Crippen molar-refractivity contribution in [3.05, 3.63) is 53.1 Å². The third-order valence-electron chi connectivity index (χ3n) is 3.36. The summed E-state index contributed by atoms with van der Waals surface area (Å²) in [6.45, 7) is 3.72. The Morgan fingerprint density at radius 2 is 1.96 bits per heavy atom. The summed E-state index contributed by atoms with van der Waals surface area (Å²) in [4.78, 5) is 11.8. The number of para-hydroxylation sites is 1. The monoisotopic (exact) mass is 328 g/mol. The zero-order valence-corrected chi connectivity index (χ0v) is 13.9. The van der Waals surface area contributed by atoms with E-state index < -0.39 is 0 Å². The molecule has 2 aromatic rings. The van der Waals surface area contributed by atoms with Crippen LogP contribution in [-0.4, -0.2) is 30.9 Å². The Bertz CT molecular complexity index is 736. The van der Waals surface area contributed by atoms with E-state index in [1.165, 1.54) is 19.4 Å². The van der Waals surface area contributed by atoms with Crippen molar-refractivity contribution in [2.45, 2.75) is 13.8 Å². The van der Waals surface area contributed by atoms with Gasteiger partial charge in [-0.3, -0.25) is 4.79 Å². The van der Waals surface area contributed by atoms with Gasteiger partial charge in [0.1, 0.15) is 5.75 Å². The number of phenols is 1. The number of phenolic OH excluding ortho intramolecular Hbond substituents is 1. The van der Waals surface area contributed by atoms with Gasteiger partial charge in [0.05, 0.1) is 13.3 Å². The second kappa shape index (κ2) is 8.01. The molecule has 6 heteroatoms. The Balaban J connectivity index is 1.88. The number of nitrogens with one attached hydrogen (secondary N) is 1. The van der Waals surface area contributed by atoms with E-state index in [0.29, 0.717) is 17.1 Å². The van der Waals surface area contributed by atoms with Crippen molar-refractivity contribution in [3.8, 4) is 17.2 Å².